The van der Waals surface area contributed by atoms with Crippen LogP contribution in [-0.2, 0) is 4.79 Å². The number of rotatable bonds is 7. The molecule has 1 heterocycles. The van der Waals surface area contributed by atoms with Crippen molar-refractivity contribution in [3.05, 3.63) is 53.6 Å². The highest BCUT2D eigenvalue weighted by atomic mass is 35.5. The maximum Gasteiger partial charge on any atom is 0.277 e. The number of likely N-dealkylation sites (N-methyl/N-ethyl adjacent to an activating group) is 1. The highest BCUT2D eigenvalue weighted by molar-refractivity contribution is 6.30. The molecule has 1 fully saturated rings. The molecule has 3 rings (SSSR count). The number of anilines is 1. The van der Waals surface area contributed by atoms with E-state index < -0.39 is 0 Å². The third kappa shape index (κ3) is 5.78. The number of nitrogens with one attached hydrogen (secondary N) is 1. The first-order valence-corrected chi connectivity index (χ1v) is 9.89. The monoisotopic (exact) mass is 404 g/mol. The third-order valence-electron chi connectivity index (χ3n) is 5.02. The van der Waals surface area contributed by atoms with Crippen molar-refractivity contribution < 1.29 is 19.5 Å². The van der Waals surface area contributed by atoms with Crippen LogP contribution in [0.25, 0.3) is 0 Å². The van der Waals surface area contributed by atoms with E-state index in [0.29, 0.717) is 24.7 Å². The van der Waals surface area contributed by atoms with Crippen LogP contribution in [0, 0.1) is 0 Å². The lowest BCUT2D eigenvalue weighted by Gasteiger charge is -2.34. The van der Waals surface area contributed by atoms with Gasteiger partial charge in [-0.2, -0.15) is 0 Å². The second-order valence-electron chi connectivity index (χ2n) is 7.05. The smallest absolute Gasteiger partial charge is 0.277 e. The Morgan fingerprint density at radius 2 is 1.79 bits per heavy atom. The van der Waals surface area contributed by atoms with Crippen LogP contribution in [0.3, 0.4) is 0 Å². The van der Waals surface area contributed by atoms with Crippen LogP contribution in [-0.4, -0.2) is 68.8 Å². The van der Waals surface area contributed by atoms with E-state index in [1.807, 2.05) is 31.3 Å². The molecular formula is C21H27ClN3O3+. The van der Waals surface area contributed by atoms with Crippen molar-refractivity contribution in [2.45, 2.75) is 0 Å². The lowest BCUT2D eigenvalue weighted by molar-refractivity contribution is -0.892. The molecule has 0 radical (unpaired) electrons. The van der Waals surface area contributed by atoms with E-state index >= 15 is 0 Å². The summed E-state index contributed by atoms with van der Waals surface area (Å²) in [6, 6.07) is 14.5. The van der Waals surface area contributed by atoms with E-state index in [0.717, 1.165) is 37.6 Å². The highest BCUT2D eigenvalue weighted by Gasteiger charge is 2.23. The first kappa shape index (κ1) is 20.3. The number of phenolic OH excluding ortho intramolecular Hbond substituents is 1. The molecule has 150 valence electrons. The van der Waals surface area contributed by atoms with Crippen molar-refractivity contribution in [3.8, 4) is 11.5 Å². The van der Waals surface area contributed by atoms with Crippen LogP contribution in [0.4, 0.5) is 5.69 Å². The van der Waals surface area contributed by atoms with Crippen LogP contribution in [0.15, 0.2) is 48.5 Å². The highest BCUT2D eigenvalue weighted by Crippen LogP contribution is 2.18. The molecule has 28 heavy (non-hydrogen) atoms. The Labute approximate surface area is 170 Å². The predicted octanol–water partition coefficient (Wildman–Crippen LogP) is 1.29. The minimum absolute atomic E-state index is 0.132. The Hall–Kier alpha value is -2.44. The molecule has 0 aliphatic carbocycles. The van der Waals surface area contributed by atoms with Crippen LogP contribution >= 0.6 is 11.6 Å². The molecule has 1 aliphatic heterocycles. The van der Waals surface area contributed by atoms with Crippen molar-refractivity contribution in [1.29, 1.82) is 0 Å². The number of hydrogen-bond acceptors (Lipinski definition) is 4. The van der Waals surface area contributed by atoms with Crippen LogP contribution in [0.2, 0.25) is 5.02 Å². The van der Waals surface area contributed by atoms with Gasteiger partial charge in [0.1, 0.15) is 18.1 Å². The number of carbonyl (C=O) groups is 1. The van der Waals surface area contributed by atoms with Gasteiger partial charge in [0.05, 0.1) is 32.7 Å². The summed E-state index contributed by atoms with van der Waals surface area (Å²) in [5, 5.41) is 10.1. The maximum atomic E-state index is 12.5. The van der Waals surface area contributed by atoms with Gasteiger partial charge in [-0.05, 0) is 48.5 Å². The van der Waals surface area contributed by atoms with Crippen LogP contribution < -0.4 is 14.5 Å². The summed E-state index contributed by atoms with van der Waals surface area (Å²) in [4.78, 5) is 17.8. The van der Waals surface area contributed by atoms with Gasteiger partial charge in [0.2, 0.25) is 0 Å². The molecule has 7 heteroatoms. The minimum Gasteiger partial charge on any atom is -0.508 e. The average Bonchev–Trinajstić information content (AvgIpc) is 2.70. The first-order valence-electron chi connectivity index (χ1n) is 9.51. The van der Waals surface area contributed by atoms with E-state index in [9.17, 15) is 9.90 Å². The van der Waals surface area contributed by atoms with Crippen LogP contribution in [0.1, 0.15) is 0 Å². The fourth-order valence-electron chi connectivity index (χ4n) is 3.23. The quantitative estimate of drug-likeness (QED) is 0.730. The predicted molar refractivity (Wildman–Crippen MR) is 110 cm³/mol. The molecular weight excluding hydrogens is 378 g/mol. The summed E-state index contributed by atoms with van der Waals surface area (Å²) < 4.78 is 5.66. The number of piperazine rings is 1. The number of carbonyl (C=O) groups excluding carboxylic acids is 1. The molecule has 2 aromatic rings. The van der Waals surface area contributed by atoms with Gasteiger partial charge in [0.25, 0.3) is 5.91 Å². The summed E-state index contributed by atoms with van der Waals surface area (Å²) in [6.07, 6.45) is 0. The number of benzene rings is 2. The van der Waals surface area contributed by atoms with E-state index in [4.69, 9.17) is 16.3 Å². The van der Waals surface area contributed by atoms with Crippen molar-refractivity contribution in [3.63, 3.8) is 0 Å². The van der Waals surface area contributed by atoms with Crippen molar-refractivity contribution in [2.75, 3.05) is 57.8 Å². The second-order valence-corrected chi connectivity index (χ2v) is 7.48. The maximum absolute atomic E-state index is 12.5. The zero-order chi connectivity index (χ0) is 19.9. The molecule has 0 spiro atoms. The Balaban J connectivity index is 1.37. The Bertz CT molecular complexity index is 759. The molecule has 0 bridgehead atoms. The van der Waals surface area contributed by atoms with Crippen molar-refractivity contribution >= 4 is 23.2 Å². The molecule has 0 unspecified atom stereocenters. The standard InChI is InChI=1S/C21H26ClN3O3/c1-23(14-15-28-20-8-2-17(22)3-9-20)21(27)16-24-10-12-25(13-11-24)18-4-6-19(26)7-5-18/h2-9,26H,10-16H2,1H3/p+1. The normalized spacial score (nSPS) is 14.7. The summed E-state index contributed by atoms with van der Waals surface area (Å²) in [7, 11) is 1.82. The zero-order valence-corrected chi connectivity index (χ0v) is 16.9. The Kier molecular flexibility index (Phi) is 7.01. The SMILES string of the molecule is CN(CCOc1ccc(Cl)cc1)C(=O)C[NH+]1CCN(c2ccc(O)cc2)CC1. The summed E-state index contributed by atoms with van der Waals surface area (Å²) in [5.41, 5.74) is 1.11. The number of quaternary nitrogens is 1. The fraction of sp³-hybridized carbons (Fsp3) is 0.381. The number of nitrogens with zero attached hydrogens (tertiary/aromatic N) is 2. The van der Waals surface area contributed by atoms with Gasteiger partial charge in [0.15, 0.2) is 6.54 Å². The molecule has 6 nitrogen and oxygen atoms in total. The number of halogens is 1. The molecule has 2 N–H and O–H groups in total. The molecule has 2 aromatic carbocycles. The van der Waals surface area contributed by atoms with Crippen molar-refractivity contribution in [2.24, 2.45) is 0 Å². The van der Waals surface area contributed by atoms with Gasteiger partial charge in [-0.15, -0.1) is 0 Å². The molecule has 1 amide bonds. The van der Waals surface area contributed by atoms with Gasteiger partial charge in [-0.1, -0.05) is 11.6 Å². The topological polar surface area (TPSA) is 57.5 Å². The largest absolute Gasteiger partial charge is 0.508 e. The van der Waals surface area contributed by atoms with Gasteiger partial charge in [0, 0.05) is 17.8 Å². The van der Waals surface area contributed by atoms with Gasteiger partial charge < -0.3 is 24.5 Å². The Morgan fingerprint density at radius 3 is 2.43 bits per heavy atom. The lowest BCUT2D eigenvalue weighted by atomic mass is 10.2. The van der Waals surface area contributed by atoms with E-state index in [2.05, 4.69) is 4.90 Å². The van der Waals surface area contributed by atoms with Gasteiger partial charge in [-0.25, -0.2) is 0 Å². The summed E-state index contributed by atoms with van der Waals surface area (Å²) in [6.45, 7) is 5.14. The third-order valence-corrected chi connectivity index (χ3v) is 5.27. The first-order chi connectivity index (χ1) is 13.5. The van der Waals surface area contributed by atoms with E-state index in [-0.39, 0.29) is 11.7 Å². The zero-order valence-electron chi connectivity index (χ0n) is 16.1. The number of hydrogen-bond donors (Lipinski definition) is 2. The molecule has 1 aliphatic rings. The summed E-state index contributed by atoms with van der Waals surface area (Å²) in [5.74, 6) is 1.16. The summed E-state index contributed by atoms with van der Waals surface area (Å²) >= 11 is 5.86. The number of amides is 1. The van der Waals surface area contributed by atoms with Gasteiger partial charge >= 0.3 is 0 Å². The second kappa shape index (κ2) is 9.66. The fourth-order valence-corrected chi connectivity index (χ4v) is 3.35. The van der Waals surface area contributed by atoms with Gasteiger partial charge in [-0.3, -0.25) is 4.79 Å². The van der Waals surface area contributed by atoms with E-state index in [1.54, 1.807) is 29.2 Å². The molecule has 1 saturated heterocycles. The van der Waals surface area contributed by atoms with Crippen molar-refractivity contribution in [1.82, 2.24) is 4.90 Å². The average molecular weight is 405 g/mol. The number of aromatic hydroxyl groups is 1. The van der Waals surface area contributed by atoms with Crippen LogP contribution in [0.5, 0.6) is 11.5 Å². The number of phenols is 1. The molecule has 0 atom stereocenters. The number of ether oxygens (including phenoxy) is 1. The Morgan fingerprint density at radius 1 is 1.14 bits per heavy atom. The molecule has 0 saturated carbocycles. The minimum atomic E-state index is 0.132. The van der Waals surface area contributed by atoms with E-state index in [1.165, 1.54) is 4.90 Å². The molecule has 0 aromatic heterocycles. The lowest BCUT2D eigenvalue weighted by Crippen LogP contribution is -3.15.